The van der Waals surface area contributed by atoms with Crippen LogP contribution in [0.4, 0.5) is 5.69 Å². The molecule has 0 bridgehead atoms. The number of nitrogens with one attached hydrogen (secondary N) is 1. The van der Waals surface area contributed by atoms with E-state index in [9.17, 15) is 0 Å². The number of anilines is 1. The van der Waals surface area contributed by atoms with Gasteiger partial charge in [0.2, 0.25) is 0 Å². The molecule has 0 radical (unpaired) electrons. The van der Waals surface area contributed by atoms with E-state index in [1.165, 1.54) is 12.0 Å². The van der Waals surface area contributed by atoms with Crippen LogP contribution in [0, 0.1) is 0 Å². The summed E-state index contributed by atoms with van der Waals surface area (Å²) in [6.07, 6.45) is 1.28. The molecule has 1 aliphatic heterocycles. The van der Waals surface area contributed by atoms with Gasteiger partial charge in [-0.25, -0.2) is 0 Å². The first kappa shape index (κ1) is 11.4. The highest BCUT2D eigenvalue weighted by atomic mass is 15.3. The van der Waals surface area contributed by atoms with Crippen LogP contribution < -0.4 is 11.1 Å². The van der Waals surface area contributed by atoms with Crippen molar-refractivity contribution in [1.29, 1.82) is 0 Å². The fraction of sp³-hybridized carbons (Fsp3) is 0.538. The first-order valence-corrected chi connectivity index (χ1v) is 5.96. The van der Waals surface area contributed by atoms with Crippen LogP contribution in [-0.2, 0) is 6.54 Å². The standard InChI is InChI=1S/C13H22N3/c1-16(2,13-7-8-15-9-13)10-11-3-5-12(14)6-4-11/h3-6,13,15H,7-10,14H2,1-2H3/q+1. The Morgan fingerprint density at radius 3 is 2.56 bits per heavy atom. The highest BCUT2D eigenvalue weighted by Crippen LogP contribution is 2.19. The van der Waals surface area contributed by atoms with E-state index in [1.54, 1.807) is 0 Å². The molecule has 0 spiro atoms. The summed E-state index contributed by atoms with van der Waals surface area (Å²) in [5.74, 6) is 0. The molecule has 0 saturated carbocycles. The Balaban J connectivity index is 2.04. The van der Waals surface area contributed by atoms with Crippen LogP contribution in [0.25, 0.3) is 0 Å². The van der Waals surface area contributed by atoms with Crippen molar-refractivity contribution in [2.75, 3.05) is 32.9 Å². The lowest BCUT2D eigenvalue weighted by Crippen LogP contribution is -2.49. The molecule has 3 heteroatoms. The minimum Gasteiger partial charge on any atom is -0.399 e. The van der Waals surface area contributed by atoms with Gasteiger partial charge in [-0.1, -0.05) is 12.1 Å². The van der Waals surface area contributed by atoms with Crippen LogP contribution in [0.1, 0.15) is 12.0 Å². The number of hydrogen-bond acceptors (Lipinski definition) is 2. The summed E-state index contributed by atoms with van der Waals surface area (Å²) in [7, 11) is 4.63. The van der Waals surface area contributed by atoms with Crippen LogP contribution in [0.3, 0.4) is 0 Å². The first-order chi connectivity index (χ1) is 7.58. The fourth-order valence-corrected chi connectivity index (χ4v) is 2.46. The summed E-state index contributed by atoms with van der Waals surface area (Å²) in [6.45, 7) is 3.38. The summed E-state index contributed by atoms with van der Waals surface area (Å²) < 4.78 is 1.05. The minimum absolute atomic E-state index is 0.734. The SMILES string of the molecule is C[N+](C)(Cc1ccc(N)cc1)C1CCNC1. The van der Waals surface area contributed by atoms with Gasteiger partial charge in [0.25, 0.3) is 0 Å². The largest absolute Gasteiger partial charge is 0.399 e. The molecule has 1 heterocycles. The van der Waals surface area contributed by atoms with Gasteiger partial charge in [0.15, 0.2) is 0 Å². The van der Waals surface area contributed by atoms with Crippen molar-refractivity contribution in [3.8, 4) is 0 Å². The van der Waals surface area contributed by atoms with E-state index >= 15 is 0 Å². The molecule has 1 saturated heterocycles. The highest BCUT2D eigenvalue weighted by Gasteiger charge is 2.30. The number of hydrogen-bond donors (Lipinski definition) is 2. The van der Waals surface area contributed by atoms with E-state index in [0.29, 0.717) is 0 Å². The zero-order chi connectivity index (χ0) is 11.6. The Bertz CT molecular complexity index is 337. The van der Waals surface area contributed by atoms with Crippen molar-refractivity contribution >= 4 is 5.69 Å². The number of rotatable bonds is 3. The van der Waals surface area contributed by atoms with Gasteiger partial charge in [-0.05, 0) is 12.1 Å². The molecule has 1 unspecified atom stereocenters. The van der Waals surface area contributed by atoms with Gasteiger partial charge in [-0.15, -0.1) is 0 Å². The van der Waals surface area contributed by atoms with Gasteiger partial charge in [0.05, 0.1) is 14.1 Å². The molecule has 0 amide bonds. The average molecular weight is 220 g/mol. The van der Waals surface area contributed by atoms with Crippen LogP contribution >= 0.6 is 0 Å². The smallest absolute Gasteiger partial charge is 0.104 e. The van der Waals surface area contributed by atoms with Gasteiger partial charge in [-0.2, -0.15) is 0 Å². The van der Waals surface area contributed by atoms with Gasteiger partial charge < -0.3 is 15.5 Å². The lowest BCUT2D eigenvalue weighted by Gasteiger charge is -2.35. The van der Waals surface area contributed by atoms with E-state index < -0.39 is 0 Å². The maximum atomic E-state index is 5.70. The molecular formula is C13H22N3+. The lowest BCUT2D eigenvalue weighted by molar-refractivity contribution is -0.925. The van der Waals surface area contributed by atoms with E-state index in [1.807, 2.05) is 12.1 Å². The third kappa shape index (κ3) is 2.54. The monoisotopic (exact) mass is 220 g/mol. The Kier molecular flexibility index (Phi) is 3.17. The van der Waals surface area contributed by atoms with E-state index in [0.717, 1.165) is 35.8 Å². The Labute approximate surface area is 97.8 Å². The maximum Gasteiger partial charge on any atom is 0.104 e. The molecule has 1 atom stereocenters. The summed E-state index contributed by atoms with van der Waals surface area (Å²) in [5, 5.41) is 3.44. The number of nitrogen functional groups attached to an aromatic ring is 1. The zero-order valence-electron chi connectivity index (χ0n) is 10.2. The van der Waals surface area contributed by atoms with E-state index in [4.69, 9.17) is 5.73 Å². The molecule has 3 N–H and O–H groups in total. The normalized spacial score (nSPS) is 21.2. The second kappa shape index (κ2) is 4.44. The zero-order valence-corrected chi connectivity index (χ0v) is 10.2. The summed E-state index contributed by atoms with van der Waals surface area (Å²) in [5.41, 5.74) is 7.91. The molecule has 3 nitrogen and oxygen atoms in total. The molecule has 2 rings (SSSR count). The summed E-state index contributed by atoms with van der Waals surface area (Å²) in [6, 6.07) is 8.98. The second-order valence-corrected chi connectivity index (χ2v) is 5.32. The topological polar surface area (TPSA) is 38.0 Å². The molecule has 1 fully saturated rings. The summed E-state index contributed by atoms with van der Waals surface area (Å²) >= 11 is 0. The van der Waals surface area contributed by atoms with Crippen molar-refractivity contribution < 1.29 is 4.48 Å². The predicted molar refractivity (Wildman–Crippen MR) is 67.9 cm³/mol. The van der Waals surface area contributed by atoms with E-state index in [-0.39, 0.29) is 0 Å². The van der Waals surface area contributed by atoms with Crippen LogP contribution in [0.15, 0.2) is 24.3 Å². The summed E-state index contributed by atoms with van der Waals surface area (Å²) in [4.78, 5) is 0. The second-order valence-electron chi connectivity index (χ2n) is 5.32. The number of likely N-dealkylation sites (N-methyl/N-ethyl adjacent to an activating group) is 1. The Morgan fingerprint density at radius 1 is 1.31 bits per heavy atom. The maximum absolute atomic E-state index is 5.70. The van der Waals surface area contributed by atoms with Gasteiger partial charge in [0.1, 0.15) is 12.6 Å². The van der Waals surface area contributed by atoms with Gasteiger partial charge >= 0.3 is 0 Å². The molecule has 1 aromatic rings. The predicted octanol–water partition coefficient (Wildman–Crippen LogP) is 1.21. The number of benzene rings is 1. The molecular weight excluding hydrogens is 198 g/mol. The number of nitrogens with zero attached hydrogens (tertiary/aromatic N) is 1. The van der Waals surface area contributed by atoms with Crippen molar-refractivity contribution in [3.63, 3.8) is 0 Å². The Hall–Kier alpha value is -1.06. The van der Waals surface area contributed by atoms with Crippen molar-refractivity contribution in [2.45, 2.75) is 19.0 Å². The minimum atomic E-state index is 0.734. The van der Waals surface area contributed by atoms with Crippen molar-refractivity contribution in [1.82, 2.24) is 5.32 Å². The van der Waals surface area contributed by atoms with Gasteiger partial charge in [-0.3, -0.25) is 0 Å². The number of quaternary nitrogens is 1. The lowest BCUT2D eigenvalue weighted by atomic mass is 10.1. The average Bonchev–Trinajstić information content (AvgIpc) is 2.75. The first-order valence-electron chi connectivity index (χ1n) is 5.96. The molecule has 0 aromatic heterocycles. The molecule has 1 aromatic carbocycles. The van der Waals surface area contributed by atoms with E-state index in [2.05, 4.69) is 31.5 Å². The van der Waals surface area contributed by atoms with Crippen LogP contribution in [-0.4, -0.2) is 37.7 Å². The third-order valence-electron chi connectivity index (χ3n) is 3.59. The molecule has 16 heavy (non-hydrogen) atoms. The van der Waals surface area contributed by atoms with Gasteiger partial charge in [0, 0.05) is 30.8 Å². The molecule has 1 aliphatic rings. The van der Waals surface area contributed by atoms with Crippen LogP contribution in [0.2, 0.25) is 0 Å². The third-order valence-corrected chi connectivity index (χ3v) is 3.59. The Morgan fingerprint density at radius 2 is 2.00 bits per heavy atom. The van der Waals surface area contributed by atoms with Crippen LogP contribution in [0.5, 0.6) is 0 Å². The quantitative estimate of drug-likeness (QED) is 0.593. The number of nitrogens with two attached hydrogens (primary N) is 1. The van der Waals surface area contributed by atoms with Crippen molar-refractivity contribution in [2.24, 2.45) is 0 Å². The van der Waals surface area contributed by atoms with Crippen molar-refractivity contribution in [3.05, 3.63) is 29.8 Å². The molecule has 88 valence electrons. The fourth-order valence-electron chi connectivity index (χ4n) is 2.46. The highest BCUT2D eigenvalue weighted by molar-refractivity contribution is 5.39. The molecule has 0 aliphatic carbocycles.